The smallest absolute Gasteiger partial charge is 0.336 e. The van der Waals surface area contributed by atoms with Gasteiger partial charge in [0.1, 0.15) is 0 Å². The Hall–Kier alpha value is -2.17. The zero-order chi connectivity index (χ0) is 16.9. The molecule has 0 aliphatic rings. The summed E-state index contributed by atoms with van der Waals surface area (Å²) >= 11 is 5.80. The summed E-state index contributed by atoms with van der Waals surface area (Å²) in [7, 11) is 0. The van der Waals surface area contributed by atoms with Gasteiger partial charge >= 0.3 is 5.97 Å². The van der Waals surface area contributed by atoms with Crippen LogP contribution in [0.25, 0.3) is 0 Å². The Balaban J connectivity index is 2.08. The standard InChI is InChI=1S/C18H17ClO4/c19-15-8-6-13(7-9-15)10-11-18(23,17(21)22)12-16(20)14-4-2-1-3-5-14/h1-9,23H,10-12H2,(H,21,22). The van der Waals surface area contributed by atoms with E-state index in [4.69, 9.17) is 11.6 Å². The second kappa shape index (κ2) is 7.40. The summed E-state index contributed by atoms with van der Waals surface area (Å²) in [6.45, 7) is 0. The van der Waals surface area contributed by atoms with Crippen LogP contribution in [0.3, 0.4) is 0 Å². The van der Waals surface area contributed by atoms with Gasteiger partial charge in [-0.3, -0.25) is 4.79 Å². The maximum atomic E-state index is 12.2. The molecule has 2 aromatic carbocycles. The number of carbonyl (C=O) groups is 2. The molecule has 2 N–H and O–H groups in total. The second-order valence-electron chi connectivity index (χ2n) is 5.43. The Kier molecular flexibility index (Phi) is 5.53. The summed E-state index contributed by atoms with van der Waals surface area (Å²) in [6, 6.07) is 15.3. The van der Waals surface area contributed by atoms with Crippen LogP contribution in [-0.2, 0) is 11.2 Å². The lowest BCUT2D eigenvalue weighted by Gasteiger charge is -2.22. The first kappa shape index (κ1) is 17.2. The number of halogens is 1. The Morgan fingerprint density at radius 2 is 1.61 bits per heavy atom. The van der Waals surface area contributed by atoms with E-state index >= 15 is 0 Å². The normalized spacial score (nSPS) is 13.3. The molecule has 120 valence electrons. The third-order valence-corrected chi connectivity index (χ3v) is 3.94. The molecule has 0 radical (unpaired) electrons. The van der Waals surface area contributed by atoms with E-state index in [0.717, 1.165) is 5.56 Å². The van der Waals surface area contributed by atoms with Gasteiger partial charge in [-0.05, 0) is 30.5 Å². The van der Waals surface area contributed by atoms with Gasteiger partial charge in [0, 0.05) is 10.6 Å². The average Bonchev–Trinajstić information content (AvgIpc) is 2.55. The Labute approximate surface area is 139 Å². The molecule has 2 rings (SSSR count). The Morgan fingerprint density at radius 1 is 1.00 bits per heavy atom. The van der Waals surface area contributed by atoms with Crippen molar-refractivity contribution in [2.45, 2.75) is 24.9 Å². The Morgan fingerprint density at radius 3 is 2.17 bits per heavy atom. The van der Waals surface area contributed by atoms with Crippen molar-refractivity contribution < 1.29 is 19.8 Å². The van der Waals surface area contributed by atoms with Crippen LogP contribution >= 0.6 is 11.6 Å². The van der Waals surface area contributed by atoms with E-state index in [2.05, 4.69) is 0 Å². The maximum absolute atomic E-state index is 12.2. The van der Waals surface area contributed by atoms with Crippen LogP contribution in [0.5, 0.6) is 0 Å². The van der Waals surface area contributed by atoms with Gasteiger partial charge in [-0.2, -0.15) is 0 Å². The molecule has 23 heavy (non-hydrogen) atoms. The van der Waals surface area contributed by atoms with Crippen LogP contribution in [0.2, 0.25) is 5.02 Å². The van der Waals surface area contributed by atoms with Crippen LogP contribution in [0.15, 0.2) is 54.6 Å². The summed E-state index contributed by atoms with van der Waals surface area (Å²) in [5, 5.41) is 20.3. The van der Waals surface area contributed by atoms with E-state index in [1.807, 2.05) is 0 Å². The van der Waals surface area contributed by atoms with Crippen molar-refractivity contribution in [1.29, 1.82) is 0 Å². The lowest BCUT2D eigenvalue weighted by molar-refractivity contribution is -0.158. The lowest BCUT2D eigenvalue weighted by Crippen LogP contribution is -2.41. The fourth-order valence-electron chi connectivity index (χ4n) is 2.26. The number of aliphatic carboxylic acids is 1. The predicted molar refractivity (Wildman–Crippen MR) is 87.7 cm³/mol. The number of rotatable bonds is 7. The number of ketones is 1. The molecular formula is C18H17ClO4. The van der Waals surface area contributed by atoms with Crippen LogP contribution in [0.1, 0.15) is 28.8 Å². The summed E-state index contributed by atoms with van der Waals surface area (Å²) in [6.07, 6.45) is -0.176. The highest BCUT2D eigenvalue weighted by atomic mass is 35.5. The van der Waals surface area contributed by atoms with Crippen molar-refractivity contribution in [3.05, 3.63) is 70.7 Å². The Bertz CT molecular complexity index is 682. The molecule has 0 aromatic heterocycles. The number of carboxylic acids is 1. The first-order valence-corrected chi connectivity index (χ1v) is 7.57. The van der Waals surface area contributed by atoms with Crippen molar-refractivity contribution in [3.8, 4) is 0 Å². The number of aliphatic hydroxyl groups is 1. The van der Waals surface area contributed by atoms with E-state index < -0.39 is 23.8 Å². The van der Waals surface area contributed by atoms with Gasteiger partial charge in [0.25, 0.3) is 0 Å². The maximum Gasteiger partial charge on any atom is 0.336 e. The van der Waals surface area contributed by atoms with Gasteiger partial charge in [-0.1, -0.05) is 54.1 Å². The molecule has 5 heteroatoms. The number of carbonyl (C=O) groups excluding carboxylic acids is 1. The number of carboxylic acid groups (broad SMARTS) is 1. The van der Waals surface area contributed by atoms with Gasteiger partial charge in [-0.25, -0.2) is 4.79 Å². The van der Waals surface area contributed by atoms with Crippen molar-refractivity contribution in [3.63, 3.8) is 0 Å². The van der Waals surface area contributed by atoms with Crippen LogP contribution in [0, 0.1) is 0 Å². The number of hydrogen-bond acceptors (Lipinski definition) is 3. The molecule has 0 heterocycles. The molecule has 0 saturated carbocycles. The highest BCUT2D eigenvalue weighted by Gasteiger charge is 2.38. The van der Waals surface area contributed by atoms with Crippen molar-refractivity contribution in [2.24, 2.45) is 0 Å². The molecule has 0 fully saturated rings. The topological polar surface area (TPSA) is 74.6 Å². The van der Waals surface area contributed by atoms with Crippen molar-refractivity contribution >= 4 is 23.4 Å². The number of hydrogen-bond donors (Lipinski definition) is 2. The molecule has 0 aliphatic heterocycles. The zero-order valence-corrected chi connectivity index (χ0v) is 13.2. The van der Waals surface area contributed by atoms with Crippen molar-refractivity contribution in [1.82, 2.24) is 0 Å². The van der Waals surface area contributed by atoms with Gasteiger partial charge in [0.2, 0.25) is 0 Å². The summed E-state index contributed by atoms with van der Waals surface area (Å²) in [4.78, 5) is 23.6. The van der Waals surface area contributed by atoms with E-state index in [9.17, 15) is 19.8 Å². The highest BCUT2D eigenvalue weighted by Crippen LogP contribution is 2.22. The monoisotopic (exact) mass is 332 g/mol. The number of Topliss-reactive ketones (excluding diaryl/α,β-unsaturated/α-hetero) is 1. The zero-order valence-electron chi connectivity index (χ0n) is 12.4. The van der Waals surface area contributed by atoms with E-state index in [1.54, 1.807) is 54.6 Å². The summed E-state index contributed by atoms with van der Waals surface area (Å²) in [5.74, 6) is -1.79. The summed E-state index contributed by atoms with van der Waals surface area (Å²) in [5.41, 5.74) is -0.855. The molecule has 2 aromatic rings. The minimum Gasteiger partial charge on any atom is -0.479 e. The van der Waals surface area contributed by atoms with E-state index in [-0.39, 0.29) is 6.42 Å². The largest absolute Gasteiger partial charge is 0.479 e. The fourth-order valence-corrected chi connectivity index (χ4v) is 2.39. The first-order valence-electron chi connectivity index (χ1n) is 7.19. The second-order valence-corrected chi connectivity index (χ2v) is 5.87. The van der Waals surface area contributed by atoms with Crippen molar-refractivity contribution in [2.75, 3.05) is 0 Å². The first-order chi connectivity index (χ1) is 10.9. The van der Waals surface area contributed by atoms with E-state index in [1.165, 1.54) is 0 Å². The molecular weight excluding hydrogens is 316 g/mol. The SMILES string of the molecule is O=C(CC(O)(CCc1ccc(Cl)cc1)C(=O)O)c1ccccc1. The summed E-state index contributed by atoms with van der Waals surface area (Å²) < 4.78 is 0. The quantitative estimate of drug-likeness (QED) is 0.762. The van der Waals surface area contributed by atoms with Crippen LogP contribution < -0.4 is 0 Å². The minimum absolute atomic E-state index is 0.0530. The van der Waals surface area contributed by atoms with Crippen LogP contribution in [-0.4, -0.2) is 27.6 Å². The van der Waals surface area contributed by atoms with Gasteiger partial charge < -0.3 is 10.2 Å². The minimum atomic E-state index is -2.09. The molecule has 0 bridgehead atoms. The van der Waals surface area contributed by atoms with Crippen LogP contribution in [0.4, 0.5) is 0 Å². The van der Waals surface area contributed by atoms with Gasteiger partial charge in [0.05, 0.1) is 6.42 Å². The molecule has 1 atom stereocenters. The molecule has 0 spiro atoms. The molecule has 0 aliphatic carbocycles. The third-order valence-electron chi connectivity index (χ3n) is 3.69. The third kappa shape index (κ3) is 4.65. The van der Waals surface area contributed by atoms with E-state index in [0.29, 0.717) is 17.0 Å². The molecule has 1 unspecified atom stereocenters. The highest BCUT2D eigenvalue weighted by molar-refractivity contribution is 6.30. The van der Waals surface area contributed by atoms with Gasteiger partial charge in [0.15, 0.2) is 11.4 Å². The number of benzene rings is 2. The van der Waals surface area contributed by atoms with Gasteiger partial charge in [-0.15, -0.1) is 0 Å². The lowest BCUT2D eigenvalue weighted by atomic mass is 9.88. The molecule has 0 saturated heterocycles. The fraction of sp³-hybridized carbons (Fsp3) is 0.222. The number of aryl methyl sites for hydroxylation is 1. The molecule has 0 amide bonds. The average molecular weight is 333 g/mol. The molecule has 4 nitrogen and oxygen atoms in total. The predicted octanol–water partition coefficient (Wildman–Crippen LogP) is 3.36.